The number of carboxylic acids is 1. The molecular weight excluding hydrogens is 214 g/mol. The zero-order valence-electron chi connectivity index (χ0n) is 11.6. The molecule has 0 spiro atoms. The Morgan fingerprint density at radius 2 is 2.06 bits per heavy atom. The summed E-state index contributed by atoms with van der Waals surface area (Å²) in [5.41, 5.74) is 0. The summed E-state index contributed by atoms with van der Waals surface area (Å²) in [5, 5.41) is 9.40. The number of hydrogen-bond donors (Lipinski definition) is 1. The highest BCUT2D eigenvalue weighted by Crippen LogP contribution is 2.29. The second kappa shape index (κ2) is 6.39. The average Bonchev–Trinajstić information content (AvgIpc) is 2.24. The minimum Gasteiger partial charge on any atom is -0.480 e. The van der Waals surface area contributed by atoms with Gasteiger partial charge in [-0.05, 0) is 31.6 Å². The highest BCUT2D eigenvalue weighted by molar-refractivity contribution is 5.73. The summed E-state index contributed by atoms with van der Waals surface area (Å²) in [6, 6.07) is 0.110. The van der Waals surface area contributed by atoms with E-state index in [9.17, 15) is 9.90 Å². The van der Waals surface area contributed by atoms with E-state index in [4.69, 9.17) is 0 Å². The number of unbranched alkanes of at least 4 members (excludes halogenated alkanes) is 1. The highest BCUT2D eigenvalue weighted by atomic mass is 16.4. The number of piperidine rings is 1. The smallest absolute Gasteiger partial charge is 0.320 e. The molecule has 3 nitrogen and oxygen atoms in total. The molecule has 0 aromatic rings. The molecule has 1 aliphatic heterocycles. The predicted octanol–water partition coefficient (Wildman–Crippen LogP) is 3.00. The molecule has 1 rings (SSSR count). The van der Waals surface area contributed by atoms with Crippen molar-refractivity contribution in [3.05, 3.63) is 0 Å². The molecule has 0 bridgehead atoms. The molecule has 0 radical (unpaired) electrons. The third kappa shape index (κ3) is 3.70. The molecule has 1 saturated heterocycles. The molecule has 1 N–H and O–H groups in total. The van der Waals surface area contributed by atoms with Gasteiger partial charge in [0.05, 0.1) is 0 Å². The Kier molecular flexibility index (Phi) is 5.44. The molecule has 4 atom stereocenters. The van der Waals surface area contributed by atoms with Crippen molar-refractivity contribution in [1.82, 2.24) is 4.90 Å². The topological polar surface area (TPSA) is 40.5 Å². The maximum Gasteiger partial charge on any atom is 0.320 e. The molecule has 1 fully saturated rings. The number of likely N-dealkylation sites (tertiary alicyclic amines) is 1. The molecule has 0 aliphatic carbocycles. The Morgan fingerprint density at radius 1 is 1.41 bits per heavy atom. The van der Waals surface area contributed by atoms with Gasteiger partial charge in [0, 0.05) is 12.6 Å². The standard InChI is InChI=1S/C14H27NO2/c1-5-6-7-13(14(16)17)15-9-10(2)8-11(3)12(15)4/h10-13H,5-9H2,1-4H3,(H,16,17). The van der Waals surface area contributed by atoms with E-state index in [1.807, 2.05) is 0 Å². The van der Waals surface area contributed by atoms with Gasteiger partial charge in [-0.3, -0.25) is 9.69 Å². The van der Waals surface area contributed by atoms with Crippen LogP contribution in [0.3, 0.4) is 0 Å². The monoisotopic (exact) mass is 241 g/mol. The lowest BCUT2D eigenvalue weighted by molar-refractivity contribution is -0.146. The van der Waals surface area contributed by atoms with Crippen LogP contribution in [0.5, 0.6) is 0 Å². The van der Waals surface area contributed by atoms with Crippen LogP contribution in [0.4, 0.5) is 0 Å². The molecular formula is C14H27NO2. The molecule has 4 unspecified atom stereocenters. The first-order valence-corrected chi connectivity index (χ1v) is 6.95. The zero-order valence-corrected chi connectivity index (χ0v) is 11.6. The van der Waals surface area contributed by atoms with E-state index < -0.39 is 5.97 Å². The second-order valence-electron chi connectivity index (χ2n) is 5.75. The van der Waals surface area contributed by atoms with Crippen LogP contribution in [0.15, 0.2) is 0 Å². The van der Waals surface area contributed by atoms with Gasteiger partial charge in [-0.2, -0.15) is 0 Å². The van der Waals surface area contributed by atoms with Crippen LogP contribution in [0, 0.1) is 11.8 Å². The van der Waals surface area contributed by atoms with Crippen molar-refractivity contribution < 1.29 is 9.90 Å². The van der Waals surface area contributed by atoms with E-state index in [0.29, 0.717) is 17.9 Å². The molecule has 1 aliphatic rings. The van der Waals surface area contributed by atoms with Crippen molar-refractivity contribution in [3.63, 3.8) is 0 Å². The number of carboxylic acid groups (broad SMARTS) is 1. The van der Waals surface area contributed by atoms with Crippen molar-refractivity contribution in [3.8, 4) is 0 Å². The van der Waals surface area contributed by atoms with E-state index >= 15 is 0 Å². The molecule has 0 saturated carbocycles. The Hall–Kier alpha value is -0.570. The van der Waals surface area contributed by atoms with Gasteiger partial charge in [-0.15, -0.1) is 0 Å². The van der Waals surface area contributed by atoms with Gasteiger partial charge in [-0.25, -0.2) is 0 Å². The van der Waals surface area contributed by atoms with E-state index in [-0.39, 0.29) is 6.04 Å². The summed E-state index contributed by atoms with van der Waals surface area (Å²) in [6.07, 6.45) is 4.08. The van der Waals surface area contributed by atoms with Crippen LogP contribution in [0.2, 0.25) is 0 Å². The van der Waals surface area contributed by atoms with Crippen molar-refractivity contribution in [2.45, 2.75) is 65.5 Å². The SMILES string of the molecule is CCCCC(C(=O)O)N1CC(C)CC(C)C1C. The van der Waals surface area contributed by atoms with Crippen LogP contribution in [0.1, 0.15) is 53.4 Å². The summed E-state index contributed by atoms with van der Waals surface area (Å²) < 4.78 is 0. The van der Waals surface area contributed by atoms with Crippen LogP contribution in [0.25, 0.3) is 0 Å². The van der Waals surface area contributed by atoms with Crippen molar-refractivity contribution in [2.75, 3.05) is 6.54 Å². The van der Waals surface area contributed by atoms with E-state index in [0.717, 1.165) is 25.8 Å². The maximum atomic E-state index is 11.4. The third-order valence-corrected chi connectivity index (χ3v) is 4.16. The van der Waals surface area contributed by atoms with Crippen molar-refractivity contribution >= 4 is 5.97 Å². The molecule has 17 heavy (non-hydrogen) atoms. The fourth-order valence-electron chi connectivity index (χ4n) is 3.00. The Morgan fingerprint density at radius 3 is 2.59 bits per heavy atom. The Balaban J connectivity index is 2.73. The summed E-state index contributed by atoms with van der Waals surface area (Å²) in [6.45, 7) is 9.70. The fourth-order valence-corrected chi connectivity index (χ4v) is 3.00. The van der Waals surface area contributed by atoms with Crippen molar-refractivity contribution in [2.24, 2.45) is 11.8 Å². The highest BCUT2D eigenvalue weighted by Gasteiger charge is 2.35. The first kappa shape index (κ1) is 14.5. The zero-order chi connectivity index (χ0) is 13.0. The molecule has 0 aromatic heterocycles. The second-order valence-corrected chi connectivity index (χ2v) is 5.75. The van der Waals surface area contributed by atoms with Crippen LogP contribution in [-0.2, 0) is 4.79 Å². The predicted molar refractivity (Wildman–Crippen MR) is 70.1 cm³/mol. The van der Waals surface area contributed by atoms with Gasteiger partial charge in [0.1, 0.15) is 6.04 Å². The lowest BCUT2D eigenvalue weighted by Crippen LogP contribution is -2.53. The first-order chi connectivity index (χ1) is 7.97. The Bertz CT molecular complexity index is 255. The maximum absolute atomic E-state index is 11.4. The van der Waals surface area contributed by atoms with Crippen LogP contribution >= 0.6 is 0 Å². The third-order valence-electron chi connectivity index (χ3n) is 4.16. The summed E-state index contributed by atoms with van der Waals surface area (Å²) in [5.74, 6) is 0.568. The molecule has 0 aromatic carbocycles. The van der Waals surface area contributed by atoms with Crippen molar-refractivity contribution in [1.29, 1.82) is 0 Å². The quantitative estimate of drug-likeness (QED) is 0.804. The van der Waals surface area contributed by atoms with E-state index in [2.05, 4.69) is 32.6 Å². The van der Waals surface area contributed by atoms with Crippen LogP contribution in [-0.4, -0.2) is 34.6 Å². The lowest BCUT2D eigenvalue weighted by atomic mass is 9.84. The summed E-state index contributed by atoms with van der Waals surface area (Å²) in [4.78, 5) is 13.6. The molecule has 100 valence electrons. The number of hydrogen-bond acceptors (Lipinski definition) is 2. The number of carbonyl (C=O) groups is 1. The molecule has 1 heterocycles. The van der Waals surface area contributed by atoms with Crippen LogP contribution < -0.4 is 0 Å². The Labute approximate surface area is 105 Å². The van der Waals surface area contributed by atoms with Gasteiger partial charge >= 0.3 is 5.97 Å². The lowest BCUT2D eigenvalue weighted by Gasteiger charge is -2.44. The minimum atomic E-state index is -0.647. The minimum absolute atomic E-state index is 0.282. The van der Waals surface area contributed by atoms with E-state index in [1.165, 1.54) is 6.42 Å². The largest absolute Gasteiger partial charge is 0.480 e. The number of rotatable bonds is 5. The summed E-state index contributed by atoms with van der Waals surface area (Å²) in [7, 11) is 0. The fraction of sp³-hybridized carbons (Fsp3) is 0.929. The normalized spacial score (nSPS) is 32.4. The van der Waals surface area contributed by atoms with Gasteiger partial charge < -0.3 is 5.11 Å². The van der Waals surface area contributed by atoms with Gasteiger partial charge in [-0.1, -0.05) is 33.6 Å². The number of aliphatic carboxylic acids is 1. The molecule has 3 heteroatoms. The van der Waals surface area contributed by atoms with Gasteiger partial charge in [0.25, 0.3) is 0 Å². The molecule has 0 amide bonds. The summed E-state index contributed by atoms with van der Waals surface area (Å²) >= 11 is 0. The average molecular weight is 241 g/mol. The number of nitrogens with zero attached hydrogens (tertiary/aromatic N) is 1. The van der Waals surface area contributed by atoms with E-state index in [1.54, 1.807) is 0 Å². The van der Waals surface area contributed by atoms with Gasteiger partial charge in [0.15, 0.2) is 0 Å². The van der Waals surface area contributed by atoms with Gasteiger partial charge in [0.2, 0.25) is 0 Å². The first-order valence-electron chi connectivity index (χ1n) is 6.95.